The van der Waals surface area contributed by atoms with Crippen LogP contribution in [-0.2, 0) is 6.54 Å². The SMILES string of the molecule is [NH]C1CCN(Cc2ccccc2)CC1. The first-order valence-electron chi connectivity index (χ1n) is 5.32. The monoisotopic (exact) mass is 189 g/mol. The molecule has 0 unspecified atom stereocenters. The number of rotatable bonds is 2. The molecule has 0 amide bonds. The maximum absolute atomic E-state index is 7.62. The van der Waals surface area contributed by atoms with Gasteiger partial charge in [0.05, 0.1) is 0 Å². The van der Waals surface area contributed by atoms with Crippen LogP contribution in [0.5, 0.6) is 0 Å². The Kier molecular flexibility index (Phi) is 3.17. The quantitative estimate of drug-likeness (QED) is 0.698. The summed E-state index contributed by atoms with van der Waals surface area (Å²) in [6, 6.07) is 10.8. The molecule has 2 rings (SSSR count). The van der Waals surface area contributed by atoms with E-state index in [1.54, 1.807) is 0 Å². The van der Waals surface area contributed by atoms with Crippen molar-refractivity contribution in [3.8, 4) is 0 Å². The van der Waals surface area contributed by atoms with E-state index in [4.69, 9.17) is 5.73 Å². The Hall–Kier alpha value is -0.860. The Labute approximate surface area is 85.7 Å². The molecule has 1 saturated heterocycles. The van der Waals surface area contributed by atoms with E-state index in [1.807, 2.05) is 0 Å². The standard InChI is InChI=1S/C12H17N2/c13-12-6-8-14(9-7-12)10-11-4-2-1-3-5-11/h1-5,12-13H,6-10H2. The van der Waals surface area contributed by atoms with E-state index >= 15 is 0 Å². The molecular formula is C12H17N2. The molecule has 0 aliphatic carbocycles. The van der Waals surface area contributed by atoms with Crippen molar-refractivity contribution >= 4 is 0 Å². The lowest BCUT2D eigenvalue weighted by Gasteiger charge is -2.29. The van der Waals surface area contributed by atoms with Gasteiger partial charge in [-0.25, -0.2) is 0 Å². The molecule has 0 atom stereocenters. The molecule has 1 aromatic rings. The van der Waals surface area contributed by atoms with E-state index in [9.17, 15) is 0 Å². The van der Waals surface area contributed by atoms with E-state index in [1.165, 1.54) is 5.56 Å². The Morgan fingerprint density at radius 2 is 1.79 bits per heavy atom. The first kappa shape index (κ1) is 9.69. The largest absolute Gasteiger partial charge is 0.299 e. The van der Waals surface area contributed by atoms with Crippen LogP contribution < -0.4 is 5.73 Å². The molecule has 2 nitrogen and oxygen atoms in total. The van der Waals surface area contributed by atoms with Gasteiger partial charge in [-0.1, -0.05) is 30.3 Å². The van der Waals surface area contributed by atoms with Gasteiger partial charge in [-0.05, 0) is 18.4 Å². The summed E-state index contributed by atoms with van der Waals surface area (Å²) in [5, 5.41) is 0. The van der Waals surface area contributed by atoms with Crippen LogP contribution in [0.1, 0.15) is 18.4 Å². The highest BCUT2D eigenvalue weighted by molar-refractivity contribution is 5.14. The molecule has 0 spiro atoms. The van der Waals surface area contributed by atoms with Crippen molar-refractivity contribution in [2.75, 3.05) is 13.1 Å². The summed E-state index contributed by atoms with van der Waals surface area (Å²) in [4.78, 5) is 2.44. The lowest BCUT2D eigenvalue weighted by atomic mass is 10.1. The van der Waals surface area contributed by atoms with Gasteiger partial charge in [0.1, 0.15) is 0 Å². The zero-order chi connectivity index (χ0) is 9.80. The zero-order valence-corrected chi connectivity index (χ0v) is 8.45. The minimum absolute atomic E-state index is 0.182. The fraction of sp³-hybridized carbons (Fsp3) is 0.500. The number of benzene rings is 1. The van der Waals surface area contributed by atoms with E-state index in [2.05, 4.69) is 35.2 Å². The third-order valence-electron chi connectivity index (χ3n) is 2.84. The Morgan fingerprint density at radius 1 is 1.14 bits per heavy atom. The van der Waals surface area contributed by atoms with Gasteiger partial charge in [-0.3, -0.25) is 10.6 Å². The molecule has 1 heterocycles. The maximum atomic E-state index is 7.62. The minimum atomic E-state index is 0.182. The average molecular weight is 189 g/mol. The smallest absolute Gasteiger partial charge is 0.0237 e. The van der Waals surface area contributed by atoms with Crippen LogP contribution in [0, 0.1) is 0 Å². The summed E-state index contributed by atoms with van der Waals surface area (Å²) in [6.45, 7) is 3.22. The predicted molar refractivity (Wildman–Crippen MR) is 57.8 cm³/mol. The highest BCUT2D eigenvalue weighted by Crippen LogP contribution is 2.12. The van der Waals surface area contributed by atoms with Crippen LogP contribution in [0.15, 0.2) is 30.3 Å². The third kappa shape index (κ3) is 2.56. The molecule has 0 bridgehead atoms. The fourth-order valence-electron chi connectivity index (χ4n) is 1.93. The molecule has 75 valence electrons. The zero-order valence-electron chi connectivity index (χ0n) is 8.45. The minimum Gasteiger partial charge on any atom is -0.299 e. The highest BCUT2D eigenvalue weighted by Gasteiger charge is 2.15. The lowest BCUT2D eigenvalue weighted by molar-refractivity contribution is 0.203. The van der Waals surface area contributed by atoms with Gasteiger partial charge in [-0.15, -0.1) is 0 Å². The van der Waals surface area contributed by atoms with E-state index in [0.29, 0.717) is 0 Å². The second kappa shape index (κ2) is 4.58. The van der Waals surface area contributed by atoms with Crippen LogP contribution in [0.4, 0.5) is 0 Å². The first-order valence-corrected chi connectivity index (χ1v) is 5.32. The van der Waals surface area contributed by atoms with Gasteiger partial charge < -0.3 is 0 Å². The number of hydrogen-bond donors (Lipinski definition) is 0. The summed E-state index contributed by atoms with van der Waals surface area (Å²) in [6.07, 6.45) is 2.07. The van der Waals surface area contributed by atoms with Gasteiger partial charge in [0.2, 0.25) is 0 Å². The molecule has 1 aromatic carbocycles. The van der Waals surface area contributed by atoms with Crippen LogP contribution in [0.3, 0.4) is 0 Å². The van der Waals surface area contributed by atoms with Crippen LogP contribution >= 0.6 is 0 Å². The summed E-state index contributed by atoms with van der Waals surface area (Å²) < 4.78 is 0. The average Bonchev–Trinajstić information content (AvgIpc) is 2.23. The predicted octanol–water partition coefficient (Wildman–Crippen LogP) is 1.93. The van der Waals surface area contributed by atoms with Gasteiger partial charge in [0, 0.05) is 25.7 Å². The molecule has 1 radical (unpaired) electrons. The molecule has 0 saturated carbocycles. The van der Waals surface area contributed by atoms with Gasteiger partial charge in [0.15, 0.2) is 0 Å². The van der Waals surface area contributed by atoms with Crippen molar-refractivity contribution in [3.05, 3.63) is 35.9 Å². The Morgan fingerprint density at radius 3 is 2.43 bits per heavy atom. The topological polar surface area (TPSA) is 27.0 Å². The summed E-state index contributed by atoms with van der Waals surface area (Å²) in [5.41, 5.74) is 9.00. The number of likely N-dealkylation sites (tertiary alicyclic amines) is 1. The van der Waals surface area contributed by atoms with Crippen molar-refractivity contribution < 1.29 is 0 Å². The molecule has 2 heteroatoms. The number of piperidine rings is 1. The molecule has 0 aromatic heterocycles. The molecule has 1 aliphatic rings. The number of hydrogen-bond acceptors (Lipinski definition) is 1. The van der Waals surface area contributed by atoms with Crippen molar-refractivity contribution in [1.82, 2.24) is 10.6 Å². The lowest BCUT2D eigenvalue weighted by Crippen LogP contribution is -2.35. The van der Waals surface area contributed by atoms with Crippen LogP contribution in [0.2, 0.25) is 0 Å². The highest BCUT2D eigenvalue weighted by atomic mass is 15.1. The number of nitrogens with zero attached hydrogens (tertiary/aromatic N) is 1. The molecular weight excluding hydrogens is 172 g/mol. The van der Waals surface area contributed by atoms with Crippen molar-refractivity contribution in [2.24, 2.45) is 0 Å². The molecule has 1 fully saturated rings. The summed E-state index contributed by atoms with van der Waals surface area (Å²) in [5.74, 6) is 0. The van der Waals surface area contributed by atoms with Gasteiger partial charge in [0.25, 0.3) is 0 Å². The van der Waals surface area contributed by atoms with Crippen LogP contribution in [-0.4, -0.2) is 24.0 Å². The second-order valence-electron chi connectivity index (χ2n) is 4.04. The number of nitrogens with one attached hydrogen (secondary N) is 1. The van der Waals surface area contributed by atoms with Crippen molar-refractivity contribution in [2.45, 2.75) is 25.4 Å². The normalized spacial score (nSPS) is 19.8. The van der Waals surface area contributed by atoms with Gasteiger partial charge >= 0.3 is 0 Å². The summed E-state index contributed by atoms with van der Waals surface area (Å²) in [7, 11) is 0. The second-order valence-corrected chi connectivity index (χ2v) is 4.04. The van der Waals surface area contributed by atoms with Crippen molar-refractivity contribution in [1.29, 1.82) is 0 Å². The fourth-order valence-corrected chi connectivity index (χ4v) is 1.93. The van der Waals surface area contributed by atoms with Crippen molar-refractivity contribution in [3.63, 3.8) is 0 Å². The molecule has 1 N–H and O–H groups in total. The third-order valence-corrected chi connectivity index (χ3v) is 2.84. The Bertz CT molecular complexity index is 263. The van der Waals surface area contributed by atoms with E-state index < -0.39 is 0 Å². The summed E-state index contributed by atoms with van der Waals surface area (Å²) >= 11 is 0. The maximum Gasteiger partial charge on any atom is 0.0237 e. The van der Waals surface area contributed by atoms with Gasteiger partial charge in [-0.2, -0.15) is 0 Å². The first-order chi connectivity index (χ1) is 6.84. The van der Waals surface area contributed by atoms with E-state index in [0.717, 1.165) is 32.5 Å². The van der Waals surface area contributed by atoms with Crippen LogP contribution in [0.25, 0.3) is 0 Å². The van der Waals surface area contributed by atoms with E-state index in [-0.39, 0.29) is 6.04 Å². The molecule has 1 aliphatic heterocycles. The molecule has 14 heavy (non-hydrogen) atoms. The Balaban J connectivity index is 1.87.